The van der Waals surface area contributed by atoms with E-state index in [1.54, 1.807) is 12.4 Å². The van der Waals surface area contributed by atoms with E-state index in [9.17, 15) is 14.9 Å². The van der Waals surface area contributed by atoms with Crippen molar-refractivity contribution in [2.75, 3.05) is 0 Å². The van der Waals surface area contributed by atoms with E-state index in [-0.39, 0.29) is 16.9 Å². The van der Waals surface area contributed by atoms with Crippen molar-refractivity contribution in [3.05, 3.63) is 49.8 Å². The van der Waals surface area contributed by atoms with Crippen LogP contribution in [0.5, 0.6) is 0 Å². The van der Waals surface area contributed by atoms with Crippen LogP contribution in [0, 0.1) is 13.7 Å². The van der Waals surface area contributed by atoms with Gasteiger partial charge in [0.1, 0.15) is 5.69 Å². The third-order valence-electron chi connectivity index (χ3n) is 2.25. The first-order valence-electron chi connectivity index (χ1n) is 4.78. The van der Waals surface area contributed by atoms with E-state index >= 15 is 0 Å². The predicted molar refractivity (Wildman–Crippen MR) is 71.5 cm³/mol. The highest BCUT2D eigenvalue weighted by Gasteiger charge is 2.18. The molecule has 0 spiro atoms. The van der Waals surface area contributed by atoms with Crippen LogP contribution in [-0.2, 0) is 0 Å². The number of hydrogen-bond acceptors (Lipinski definition) is 4. The summed E-state index contributed by atoms with van der Waals surface area (Å²) in [5.41, 5.74) is 5.25. The quantitative estimate of drug-likeness (QED) is 0.510. The molecule has 0 fully saturated rings. The standard InChI is InChI=1S/C10H7IN4O3/c11-7-4-13-14(5-7)8-2-1-6(10(12)16)3-9(8)15(17)18/h1-5H,(H2,12,16). The first kappa shape index (κ1) is 12.5. The van der Waals surface area contributed by atoms with Crippen LogP contribution in [0.15, 0.2) is 30.6 Å². The molecule has 2 rings (SSSR count). The molecule has 0 bridgehead atoms. The molecule has 0 aliphatic carbocycles. The monoisotopic (exact) mass is 358 g/mol. The van der Waals surface area contributed by atoms with Crippen LogP contribution < -0.4 is 5.73 Å². The average molecular weight is 358 g/mol. The van der Waals surface area contributed by atoms with Gasteiger partial charge in [-0.2, -0.15) is 5.10 Å². The fourth-order valence-corrected chi connectivity index (χ4v) is 1.84. The van der Waals surface area contributed by atoms with Gasteiger partial charge in [0, 0.05) is 17.8 Å². The molecule has 0 aliphatic heterocycles. The Labute approximate surface area is 115 Å². The van der Waals surface area contributed by atoms with Gasteiger partial charge in [-0.3, -0.25) is 14.9 Å². The van der Waals surface area contributed by atoms with Crippen LogP contribution in [-0.4, -0.2) is 20.6 Å². The SMILES string of the molecule is NC(=O)c1ccc(-n2cc(I)cn2)c([N+](=O)[O-])c1. The summed E-state index contributed by atoms with van der Waals surface area (Å²) in [6.07, 6.45) is 3.22. The molecule has 2 N–H and O–H groups in total. The zero-order valence-corrected chi connectivity index (χ0v) is 11.1. The highest BCUT2D eigenvalue weighted by Crippen LogP contribution is 2.24. The number of amides is 1. The van der Waals surface area contributed by atoms with Crippen molar-refractivity contribution >= 4 is 34.2 Å². The van der Waals surface area contributed by atoms with E-state index in [4.69, 9.17) is 5.73 Å². The summed E-state index contributed by atoms with van der Waals surface area (Å²) in [6.45, 7) is 0. The number of halogens is 1. The van der Waals surface area contributed by atoms with Gasteiger partial charge in [-0.1, -0.05) is 0 Å². The Morgan fingerprint density at radius 1 is 1.50 bits per heavy atom. The van der Waals surface area contributed by atoms with E-state index in [2.05, 4.69) is 5.10 Å². The van der Waals surface area contributed by atoms with Crippen molar-refractivity contribution in [2.24, 2.45) is 5.73 Å². The lowest BCUT2D eigenvalue weighted by Crippen LogP contribution is -2.12. The molecule has 0 saturated heterocycles. The van der Waals surface area contributed by atoms with Crippen molar-refractivity contribution in [1.29, 1.82) is 0 Å². The average Bonchev–Trinajstić information content (AvgIpc) is 2.74. The van der Waals surface area contributed by atoms with Gasteiger partial charge in [-0.05, 0) is 34.7 Å². The first-order valence-corrected chi connectivity index (χ1v) is 5.85. The Morgan fingerprint density at radius 3 is 2.72 bits per heavy atom. The largest absolute Gasteiger partial charge is 0.366 e. The Hall–Kier alpha value is -1.97. The van der Waals surface area contributed by atoms with E-state index in [1.807, 2.05) is 22.6 Å². The van der Waals surface area contributed by atoms with Crippen LogP contribution in [0.2, 0.25) is 0 Å². The molecule has 0 unspecified atom stereocenters. The van der Waals surface area contributed by atoms with Gasteiger partial charge < -0.3 is 5.73 Å². The molecule has 1 aromatic carbocycles. The number of nitrogens with zero attached hydrogens (tertiary/aromatic N) is 3. The minimum Gasteiger partial charge on any atom is -0.366 e. The summed E-state index contributed by atoms with van der Waals surface area (Å²) in [5, 5.41) is 15.0. The number of rotatable bonds is 3. The molecule has 0 atom stereocenters. The number of hydrogen-bond donors (Lipinski definition) is 1. The van der Waals surface area contributed by atoms with Crippen molar-refractivity contribution < 1.29 is 9.72 Å². The summed E-state index contributed by atoms with van der Waals surface area (Å²) in [5.74, 6) is -0.709. The lowest BCUT2D eigenvalue weighted by molar-refractivity contribution is -0.384. The number of primary amides is 1. The Bertz CT molecular complexity index is 638. The normalized spacial score (nSPS) is 10.3. The number of carbonyl (C=O) groups excluding carboxylic acids is 1. The highest BCUT2D eigenvalue weighted by atomic mass is 127. The minimum absolute atomic E-state index is 0.0901. The molecule has 1 amide bonds. The van der Waals surface area contributed by atoms with Crippen LogP contribution in [0.25, 0.3) is 5.69 Å². The molecule has 0 saturated carbocycles. The summed E-state index contributed by atoms with van der Waals surface area (Å²) in [4.78, 5) is 21.4. The van der Waals surface area contributed by atoms with Gasteiger partial charge in [0.15, 0.2) is 0 Å². The summed E-state index contributed by atoms with van der Waals surface area (Å²) >= 11 is 2.05. The van der Waals surface area contributed by atoms with Gasteiger partial charge in [0.05, 0.1) is 14.7 Å². The second kappa shape index (κ2) is 4.72. The Balaban J connectivity index is 2.60. The maximum absolute atomic E-state index is 11.0. The number of aromatic nitrogens is 2. The molecule has 7 nitrogen and oxygen atoms in total. The number of nitro benzene ring substituents is 1. The fraction of sp³-hybridized carbons (Fsp3) is 0. The molecule has 2 aromatic rings. The zero-order chi connectivity index (χ0) is 13.3. The number of benzene rings is 1. The molecule has 18 heavy (non-hydrogen) atoms. The van der Waals surface area contributed by atoms with Crippen molar-refractivity contribution in [1.82, 2.24) is 9.78 Å². The van der Waals surface area contributed by atoms with Gasteiger partial charge in [0.2, 0.25) is 5.91 Å². The molecule has 8 heteroatoms. The summed E-state index contributed by atoms with van der Waals surface area (Å²) in [6, 6.07) is 4.02. The third kappa shape index (κ3) is 2.32. The summed E-state index contributed by atoms with van der Waals surface area (Å²) in [7, 11) is 0. The zero-order valence-electron chi connectivity index (χ0n) is 8.91. The molecular weight excluding hydrogens is 351 g/mol. The van der Waals surface area contributed by atoms with Crippen LogP contribution in [0.4, 0.5) is 5.69 Å². The van der Waals surface area contributed by atoms with Crippen molar-refractivity contribution in [2.45, 2.75) is 0 Å². The smallest absolute Gasteiger partial charge is 0.295 e. The predicted octanol–water partition coefficient (Wildman–Crippen LogP) is 1.48. The number of nitro groups is 1. The summed E-state index contributed by atoms with van der Waals surface area (Å²) < 4.78 is 2.23. The highest BCUT2D eigenvalue weighted by molar-refractivity contribution is 14.1. The van der Waals surface area contributed by atoms with Gasteiger partial charge in [-0.25, -0.2) is 4.68 Å². The third-order valence-corrected chi connectivity index (χ3v) is 2.81. The Morgan fingerprint density at radius 2 is 2.22 bits per heavy atom. The number of carbonyl (C=O) groups is 1. The fourth-order valence-electron chi connectivity index (χ4n) is 1.45. The van der Waals surface area contributed by atoms with Crippen molar-refractivity contribution in [3.63, 3.8) is 0 Å². The molecule has 0 aliphatic rings. The van der Waals surface area contributed by atoms with Crippen LogP contribution in [0.1, 0.15) is 10.4 Å². The van der Waals surface area contributed by atoms with Gasteiger partial charge in [-0.15, -0.1) is 0 Å². The molecule has 1 aromatic heterocycles. The van der Waals surface area contributed by atoms with Gasteiger partial charge in [0.25, 0.3) is 5.69 Å². The molecular formula is C10H7IN4O3. The lowest BCUT2D eigenvalue weighted by Gasteiger charge is -2.04. The van der Waals surface area contributed by atoms with Crippen LogP contribution in [0.3, 0.4) is 0 Å². The van der Waals surface area contributed by atoms with Crippen molar-refractivity contribution in [3.8, 4) is 5.69 Å². The Kier molecular flexibility index (Phi) is 3.28. The number of nitrogens with two attached hydrogens (primary N) is 1. The van der Waals surface area contributed by atoms with E-state index in [0.717, 1.165) is 9.64 Å². The second-order valence-corrected chi connectivity index (χ2v) is 4.67. The van der Waals surface area contributed by atoms with Gasteiger partial charge >= 0.3 is 0 Å². The van der Waals surface area contributed by atoms with E-state index in [1.165, 1.54) is 16.8 Å². The maximum atomic E-state index is 11.0. The minimum atomic E-state index is -0.709. The molecule has 0 radical (unpaired) electrons. The maximum Gasteiger partial charge on any atom is 0.295 e. The first-order chi connectivity index (χ1) is 8.49. The molecule has 1 heterocycles. The second-order valence-electron chi connectivity index (χ2n) is 3.43. The topological polar surface area (TPSA) is 104 Å². The molecule has 92 valence electrons. The van der Waals surface area contributed by atoms with E-state index in [0.29, 0.717) is 0 Å². The lowest BCUT2D eigenvalue weighted by atomic mass is 10.1. The van der Waals surface area contributed by atoms with Crippen LogP contribution >= 0.6 is 22.6 Å². The van der Waals surface area contributed by atoms with E-state index < -0.39 is 10.8 Å².